The lowest BCUT2D eigenvalue weighted by Crippen LogP contribution is -2.41. The van der Waals surface area contributed by atoms with Crippen LogP contribution in [0.15, 0.2) is 59.0 Å². The second kappa shape index (κ2) is 4.96. The van der Waals surface area contributed by atoms with Crippen LogP contribution >= 0.6 is 0 Å². The highest BCUT2D eigenvalue weighted by Gasteiger charge is 2.51. The van der Waals surface area contributed by atoms with Gasteiger partial charge in [0.2, 0.25) is 0 Å². The van der Waals surface area contributed by atoms with E-state index >= 15 is 0 Å². The van der Waals surface area contributed by atoms with Crippen LogP contribution in [0.5, 0.6) is 0 Å². The smallest absolute Gasteiger partial charge is 0.183 e. The summed E-state index contributed by atoms with van der Waals surface area (Å²) in [5, 5.41) is 2.27. The molecule has 2 fully saturated rings. The van der Waals surface area contributed by atoms with E-state index in [0.717, 1.165) is 46.6 Å². The summed E-state index contributed by atoms with van der Waals surface area (Å²) in [6.07, 6.45) is 6.98. The molecule has 0 amide bonds. The Kier molecular flexibility index (Phi) is 2.80. The van der Waals surface area contributed by atoms with Gasteiger partial charge in [0.05, 0.1) is 13.2 Å². The van der Waals surface area contributed by atoms with E-state index < -0.39 is 0 Å². The van der Waals surface area contributed by atoms with E-state index in [1.54, 1.807) is 0 Å². The molecule has 126 valence electrons. The highest BCUT2D eigenvalue weighted by Crippen LogP contribution is 2.54. The first-order valence-corrected chi connectivity index (χ1v) is 9.14. The van der Waals surface area contributed by atoms with Crippen molar-refractivity contribution in [3.63, 3.8) is 0 Å². The van der Waals surface area contributed by atoms with Crippen LogP contribution < -0.4 is 0 Å². The van der Waals surface area contributed by atoms with Gasteiger partial charge in [0, 0.05) is 21.8 Å². The first kappa shape index (κ1) is 14.1. The molecule has 0 N–H and O–H groups in total. The normalized spacial score (nSPS) is 33.8. The fraction of sp³-hybridized carbons (Fsp3) is 0.364. The Balaban J connectivity index is 1.31. The molecule has 1 spiro atoms. The van der Waals surface area contributed by atoms with Gasteiger partial charge >= 0.3 is 0 Å². The predicted octanol–water partition coefficient (Wildman–Crippen LogP) is 5.21. The average molecular weight is 332 g/mol. The molecule has 1 aliphatic heterocycles. The Morgan fingerprint density at radius 1 is 0.880 bits per heavy atom. The molecule has 2 heterocycles. The Morgan fingerprint density at radius 2 is 1.72 bits per heavy atom. The molecular formula is C22H20O3. The maximum atomic E-state index is 6.21. The van der Waals surface area contributed by atoms with Crippen molar-refractivity contribution >= 4 is 21.9 Å². The molecule has 2 aliphatic carbocycles. The van der Waals surface area contributed by atoms with Crippen molar-refractivity contribution in [2.75, 3.05) is 13.2 Å². The maximum Gasteiger partial charge on any atom is 0.183 e. The maximum absolute atomic E-state index is 6.21. The Bertz CT molecular complexity index is 991. The van der Waals surface area contributed by atoms with E-state index in [4.69, 9.17) is 13.9 Å². The van der Waals surface area contributed by atoms with Gasteiger partial charge < -0.3 is 13.9 Å². The van der Waals surface area contributed by atoms with Crippen LogP contribution in [0.4, 0.5) is 0 Å². The zero-order chi connectivity index (χ0) is 16.4. The summed E-state index contributed by atoms with van der Waals surface area (Å²) >= 11 is 0. The Labute approximate surface area is 146 Å². The minimum atomic E-state index is -0.271. The summed E-state index contributed by atoms with van der Waals surface area (Å²) in [6, 6.07) is 14.4. The molecule has 2 atom stereocenters. The molecule has 0 radical (unpaired) electrons. The third-order valence-electron chi connectivity index (χ3n) is 6.34. The topological polar surface area (TPSA) is 31.6 Å². The van der Waals surface area contributed by atoms with Crippen molar-refractivity contribution in [2.45, 2.75) is 19.1 Å². The van der Waals surface area contributed by atoms with Crippen LogP contribution in [-0.2, 0) is 9.47 Å². The summed E-state index contributed by atoms with van der Waals surface area (Å²) in [5.41, 5.74) is 3.12. The molecule has 2 aromatic carbocycles. The molecule has 6 rings (SSSR count). The first-order valence-electron chi connectivity index (χ1n) is 9.14. The van der Waals surface area contributed by atoms with E-state index in [2.05, 4.69) is 30.4 Å². The monoisotopic (exact) mass is 332 g/mol. The van der Waals surface area contributed by atoms with Crippen molar-refractivity contribution in [2.24, 2.45) is 17.3 Å². The average Bonchev–Trinajstić information content (AvgIpc) is 3.34. The van der Waals surface area contributed by atoms with Gasteiger partial charge in [-0.2, -0.15) is 0 Å². The van der Waals surface area contributed by atoms with Crippen LogP contribution in [0.3, 0.4) is 0 Å². The number of furan rings is 1. The number of hydrogen-bond donors (Lipinski definition) is 0. The number of benzene rings is 2. The molecule has 2 unspecified atom stereocenters. The SMILES string of the molecule is C1=CC2CC1CC21COC(c2ccc3oc4ccccc4c3c2)OC1. The van der Waals surface area contributed by atoms with Gasteiger partial charge in [0.25, 0.3) is 0 Å². The highest BCUT2D eigenvalue weighted by molar-refractivity contribution is 6.04. The molecule has 1 saturated carbocycles. The van der Waals surface area contributed by atoms with Crippen LogP contribution in [0, 0.1) is 17.3 Å². The van der Waals surface area contributed by atoms with Crippen molar-refractivity contribution in [3.05, 3.63) is 60.2 Å². The molecule has 25 heavy (non-hydrogen) atoms. The van der Waals surface area contributed by atoms with Crippen LogP contribution in [0.2, 0.25) is 0 Å². The number of allylic oxidation sites excluding steroid dienone is 2. The van der Waals surface area contributed by atoms with Crippen molar-refractivity contribution in [3.8, 4) is 0 Å². The summed E-state index contributed by atoms with van der Waals surface area (Å²) in [5.74, 6) is 1.38. The van der Waals surface area contributed by atoms with Crippen LogP contribution in [-0.4, -0.2) is 13.2 Å². The molecular weight excluding hydrogens is 312 g/mol. The second-order valence-electron chi connectivity index (χ2n) is 7.86. The molecule has 2 bridgehead atoms. The fourth-order valence-electron chi connectivity index (χ4n) is 5.04. The third-order valence-corrected chi connectivity index (χ3v) is 6.34. The minimum Gasteiger partial charge on any atom is -0.456 e. The van der Waals surface area contributed by atoms with Crippen LogP contribution in [0.1, 0.15) is 24.7 Å². The fourth-order valence-corrected chi connectivity index (χ4v) is 5.04. The van der Waals surface area contributed by atoms with Gasteiger partial charge in [-0.05, 0) is 42.9 Å². The third kappa shape index (κ3) is 2.00. The van der Waals surface area contributed by atoms with Gasteiger partial charge in [-0.1, -0.05) is 36.4 Å². The number of fused-ring (bicyclic) bond motifs is 6. The van der Waals surface area contributed by atoms with Crippen LogP contribution in [0.25, 0.3) is 21.9 Å². The van der Waals surface area contributed by atoms with Gasteiger partial charge in [-0.15, -0.1) is 0 Å². The molecule has 3 aliphatic rings. The lowest BCUT2D eigenvalue weighted by molar-refractivity contribution is -0.239. The summed E-state index contributed by atoms with van der Waals surface area (Å²) in [4.78, 5) is 0. The first-order chi connectivity index (χ1) is 12.3. The van der Waals surface area contributed by atoms with Gasteiger partial charge in [-0.25, -0.2) is 0 Å². The van der Waals surface area contributed by atoms with Crippen molar-refractivity contribution < 1.29 is 13.9 Å². The molecule has 3 nitrogen and oxygen atoms in total. The zero-order valence-electron chi connectivity index (χ0n) is 14.0. The Hall–Kier alpha value is -2.10. The summed E-state index contributed by atoms with van der Waals surface area (Å²) < 4.78 is 18.3. The van der Waals surface area contributed by atoms with E-state index in [1.165, 1.54) is 12.8 Å². The Morgan fingerprint density at radius 3 is 2.52 bits per heavy atom. The predicted molar refractivity (Wildman–Crippen MR) is 96.2 cm³/mol. The number of para-hydroxylation sites is 1. The molecule has 1 saturated heterocycles. The molecule has 1 aromatic heterocycles. The summed E-state index contributed by atoms with van der Waals surface area (Å²) in [7, 11) is 0. The van der Waals surface area contributed by atoms with E-state index in [-0.39, 0.29) is 11.7 Å². The van der Waals surface area contributed by atoms with E-state index in [9.17, 15) is 0 Å². The highest BCUT2D eigenvalue weighted by atomic mass is 16.7. The lowest BCUT2D eigenvalue weighted by Gasteiger charge is -2.41. The molecule has 3 aromatic rings. The van der Waals surface area contributed by atoms with Gasteiger partial charge in [0.15, 0.2) is 6.29 Å². The second-order valence-corrected chi connectivity index (χ2v) is 7.86. The largest absolute Gasteiger partial charge is 0.456 e. The van der Waals surface area contributed by atoms with Crippen molar-refractivity contribution in [1.29, 1.82) is 0 Å². The van der Waals surface area contributed by atoms with Gasteiger partial charge in [0.1, 0.15) is 11.2 Å². The van der Waals surface area contributed by atoms with Gasteiger partial charge in [-0.3, -0.25) is 0 Å². The number of ether oxygens (including phenoxy) is 2. The quantitative estimate of drug-likeness (QED) is 0.573. The summed E-state index contributed by atoms with van der Waals surface area (Å²) in [6.45, 7) is 1.60. The van der Waals surface area contributed by atoms with E-state index in [1.807, 2.05) is 24.3 Å². The number of hydrogen-bond acceptors (Lipinski definition) is 3. The molecule has 3 heteroatoms. The van der Waals surface area contributed by atoms with E-state index in [0.29, 0.717) is 5.92 Å². The minimum absolute atomic E-state index is 0.211. The number of rotatable bonds is 1. The lowest BCUT2D eigenvalue weighted by atomic mass is 9.76. The zero-order valence-corrected chi connectivity index (χ0v) is 14.0. The van der Waals surface area contributed by atoms with Crippen molar-refractivity contribution in [1.82, 2.24) is 0 Å². The standard InChI is InChI=1S/C22H20O3/c1-2-4-19-17(3-1)18-10-15(6-8-20(18)25-19)21-23-12-22(13-24-21)11-14-5-7-16(22)9-14/h1-8,10,14,16,21H,9,11-13H2.